The molecule has 1 aliphatic heterocycles. The number of carbonyl (C=O) groups is 2. The average molecular weight is 351 g/mol. The number of hydrogen-bond donors (Lipinski definition) is 2. The van der Waals surface area contributed by atoms with Crippen LogP contribution in [0, 0.1) is 0 Å². The highest BCUT2D eigenvalue weighted by atomic mass is 16.5. The van der Waals surface area contributed by atoms with Crippen LogP contribution in [0.1, 0.15) is 42.1 Å². The number of rotatable bonds is 8. The van der Waals surface area contributed by atoms with Crippen LogP contribution in [0.5, 0.6) is 5.75 Å². The molecule has 1 aliphatic rings. The van der Waals surface area contributed by atoms with Crippen LogP contribution in [-0.2, 0) is 20.8 Å². The maximum Gasteiger partial charge on any atom is 0.339 e. The number of nitrogens with one attached hydrogen (secondary N) is 1. The molecule has 1 aromatic rings. The molecular weight excluding hydrogens is 326 g/mol. The topological polar surface area (TPSA) is 94.1 Å². The smallest absolute Gasteiger partial charge is 0.339 e. The molecule has 1 heterocycles. The molecule has 1 aromatic carbocycles. The van der Waals surface area contributed by atoms with Crippen molar-refractivity contribution in [3.8, 4) is 5.75 Å². The largest absolute Gasteiger partial charge is 0.496 e. The molecule has 0 aliphatic carbocycles. The molecule has 0 unspecified atom stereocenters. The first-order chi connectivity index (χ1) is 12.0. The number of methoxy groups -OCH3 is 1. The lowest BCUT2D eigenvalue weighted by Crippen LogP contribution is -2.36. The Kier molecular flexibility index (Phi) is 7.21. The molecule has 1 amide bonds. The number of aromatic carboxylic acids is 1. The Bertz CT molecular complexity index is 597. The molecule has 2 atom stereocenters. The molecule has 2 N–H and O–H groups in total. The average Bonchev–Trinajstić information content (AvgIpc) is 2.64. The maximum absolute atomic E-state index is 12.1. The van der Waals surface area contributed by atoms with E-state index >= 15 is 0 Å². The van der Waals surface area contributed by atoms with Gasteiger partial charge in [-0.15, -0.1) is 0 Å². The molecule has 1 fully saturated rings. The van der Waals surface area contributed by atoms with Crippen LogP contribution in [0.2, 0.25) is 0 Å². The summed E-state index contributed by atoms with van der Waals surface area (Å²) in [6, 6.07) is 4.78. The zero-order valence-electron chi connectivity index (χ0n) is 14.6. The van der Waals surface area contributed by atoms with Crippen LogP contribution in [-0.4, -0.2) is 49.5 Å². The van der Waals surface area contributed by atoms with Gasteiger partial charge >= 0.3 is 5.97 Å². The van der Waals surface area contributed by atoms with E-state index in [1.54, 1.807) is 19.1 Å². The highest BCUT2D eigenvalue weighted by Crippen LogP contribution is 2.20. The summed E-state index contributed by atoms with van der Waals surface area (Å²) in [5, 5.41) is 11.9. The van der Waals surface area contributed by atoms with Crippen molar-refractivity contribution in [3.05, 3.63) is 29.3 Å². The third-order valence-electron chi connectivity index (χ3n) is 4.14. The van der Waals surface area contributed by atoms with Gasteiger partial charge in [-0.1, -0.05) is 6.07 Å². The molecule has 138 valence electrons. The first kappa shape index (κ1) is 19.2. The summed E-state index contributed by atoms with van der Waals surface area (Å²) < 4.78 is 16.2. The van der Waals surface area contributed by atoms with Crippen LogP contribution in [0.15, 0.2) is 18.2 Å². The molecule has 0 aromatic heterocycles. The Morgan fingerprint density at radius 1 is 1.40 bits per heavy atom. The zero-order valence-corrected chi connectivity index (χ0v) is 14.6. The standard InChI is InChI=1S/C18H25NO6/c1-12(25-11-14-5-3-4-8-24-14)17(20)19-10-13-6-7-16(23-2)15(9-13)18(21)22/h6-7,9,12,14H,3-5,8,10-11H2,1-2H3,(H,19,20)(H,21,22)/t12-,14+/m1/s1. The van der Waals surface area contributed by atoms with E-state index in [1.165, 1.54) is 13.2 Å². The minimum Gasteiger partial charge on any atom is -0.496 e. The molecule has 0 bridgehead atoms. The lowest BCUT2D eigenvalue weighted by atomic mass is 10.1. The Hall–Kier alpha value is -2.12. The number of carboxylic acids is 1. The van der Waals surface area contributed by atoms with Crippen molar-refractivity contribution in [3.63, 3.8) is 0 Å². The van der Waals surface area contributed by atoms with Gasteiger partial charge < -0.3 is 24.6 Å². The molecule has 0 spiro atoms. The highest BCUT2D eigenvalue weighted by Gasteiger charge is 2.19. The number of amides is 1. The SMILES string of the molecule is COc1ccc(CNC(=O)[C@@H](C)OC[C@@H]2CCCCO2)cc1C(=O)O. The van der Waals surface area contributed by atoms with Crippen LogP contribution < -0.4 is 10.1 Å². The lowest BCUT2D eigenvalue weighted by molar-refractivity contribution is -0.135. The maximum atomic E-state index is 12.1. The number of carbonyl (C=O) groups excluding carboxylic acids is 1. The number of ether oxygens (including phenoxy) is 3. The van der Waals surface area contributed by atoms with Crippen LogP contribution in [0.4, 0.5) is 0 Å². The normalized spacial score (nSPS) is 18.4. The van der Waals surface area contributed by atoms with Crippen molar-refractivity contribution in [2.24, 2.45) is 0 Å². The van der Waals surface area contributed by atoms with Gasteiger partial charge in [0.15, 0.2) is 0 Å². The molecular formula is C18H25NO6. The number of benzene rings is 1. The van der Waals surface area contributed by atoms with E-state index in [2.05, 4.69) is 5.32 Å². The third kappa shape index (κ3) is 5.72. The highest BCUT2D eigenvalue weighted by molar-refractivity contribution is 5.91. The fourth-order valence-electron chi connectivity index (χ4n) is 2.63. The molecule has 2 rings (SSSR count). The van der Waals surface area contributed by atoms with E-state index in [-0.39, 0.29) is 29.9 Å². The van der Waals surface area contributed by atoms with Crippen molar-refractivity contribution in [1.82, 2.24) is 5.32 Å². The van der Waals surface area contributed by atoms with Crippen molar-refractivity contribution < 1.29 is 28.9 Å². The van der Waals surface area contributed by atoms with Crippen LogP contribution >= 0.6 is 0 Å². The first-order valence-corrected chi connectivity index (χ1v) is 8.42. The van der Waals surface area contributed by atoms with Gasteiger partial charge in [0.2, 0.25) is 5.91 Å². The minimum atomic E-state index is -1.07. The summed E-state index contributed by atoms with van der Waals surface area (Å²) in [5.74, 6) is -1.04. The van der Waals surface area contributed by atoms with E-state index < -0.39 is 12.1 Å². The summed E-state index contributed by atoms with van der Waals surface area (Å²) in [5.41, 5.74) is 0.738. The summed E-state index contributed by atoms with van der Waals surface area (Å²) in [7, 11) is 1.41. The zero-order chi connectivity index (χ0) is 18.2. The lowest BCUT2D eigenvalue weighted by Gasteiger charge is -2.23. The summed E-state index contributed by atoms with van der Waals surface area (Å²) in [6.07, 6.45) is 2.62. The predicted molar refractivity (Wildman–Crippen MR) is 90.8 cm³/mol. The Labute approximate surface area is 147 Å². The van der Waals surface area contributed by atoms with Gasteiger partial charge in [0.25, 0.3) is 0 Å². The Balaban J connectivity index is 1.82. The second-order valence-corrected chi connectivity index (χ2v) is 6.02. The van der Waals surface area contributed by atoms with Crippen molar-refractivity contribution in [2.75, 3.05) is 20.3 Å². The molecule has 25 heavy (non-hydrogen) atoms. The Morgan fingerprint density at radius 3 is 2.84 bits per heavy atom. The molecule has 1 saturated heterocycles. The van der Waals surface area contributed by atoms with Crippen molar-refractivity contribution >= 4 is 11.9 Å². The second kappa shape index (κ2) is 9.39. The van der Waals surface area contributed by atoms with E-state index in [9.17, 15) is 14.7 Å². The van der Waals surface area contributed by atoms with Gasteiger partial charge in [-0.05, 0) is 43.9 Å². The minimum absolute atomic E-state index is 0.0590. The quantitative estimate of drug-likeness (QED) is 0.744. The van der Waals surface area contributed by atoms with E-state index in [4.69, 9.17) is 14.2 Å². The van der Waals surface area contributed by atoms with Gasteiger partial charge in [-0.25, -0.2) is 4.79 Å². The molecule has 7 heteroatoms. The number of carboxylic acid groups (broad SMARTS) is 1. The van der Waals surface area contributed by atoms with Gasteiger partial charge in [0.1, 0.15) is 17.4 Å². The van der Waals surface area contributed by atoms with Crippen LogP contribution in [0.25, 0.3) is 0 Å². The molecule has 0 radical (unpaired) electrons. The predicted octanol–water partition coefficient (Wildman–Crippen LogP) is 1.98. The van der Waals surface area contributed by atoms with Crippen molar-refractivity contribution in [2.45, 2.75) is 44.9 Å². The fraction of sp³-hybridized carbons (Fsp3) is 0.556. The monoisotopic (exact) mass is 351 g/mol. The molecule has 7 nitrogen and oxygen atoms in total. The fourth-order valence-corrected chi connectivity index (χ4v) is 2.63. The van der Waals surface area contributed by atoms with Crippen molar-refractivity contribution in [1.29, 1.82) is 0 Å². The summed E-state index contributed by atoms with van der Waals surface area (Å²) in [6.45, 7) is 3.06. The third-order valence-corrected chi connectivity index (χ3v) is 4.14. The van der Waals surface area contributed by atoms with E-state index in [0.717, 1.165) is 25.9 Å². The van der Waals surface area contributed by atoms with Gasteiger partial charge in [-0.3, -0.25) is 4.79 Å². The van der Waals surface area contributed by atoms with Gasteiger partial charge in [0, 0.05) is 13.2 Å². The first-order valence-electron chi connectivity index (χ1n) is 8.42. The summed E-state index contributed by atoms with van der Waals surface area (Å²) in [4.78, 5) is 23.3. The van der Waals surface area contributed by atoms with Gasteiger partial charge in [0.05, 0.1) is 19.8 Å². The number of hydrogen-bond acceptors (Lipinski definition) is 5. The van der Waals surface area contributed by atoms with E-state index in [1.807, 2.05) is 0 Å². The summed E-state index contributed by atoms with van der Waals surface area (Å²) >= 11 is 0. The van der Waals surface area contributed by atoms with Gasteiger partial charge in [-0.2, -0.15) is 0 Å². The van der Waals surface area contributed by atoms with E-state index in [0.29, 0.717) is 12.2 Å². The second-order valence-electron chi connectivity index (χ2n) is 6.02. The Morgan fingerprint density at radius 2 is 2.20 bits per heavy atom. The van der Waals surface area contributed by atoms with Crippen LogP contribution in [0.3, 0.4) is 0 Å². The molecule has 0 saturated carbocycles.